The molecule has 0 atom stereocenters. The SMILES string of the molecule is O=C(CCc1ccc(C(=O)O)cc1)Nc1ccccc1OCC1CC1. The van der Waals surface area contributed by atoms with E-state index in [-0.39, 0.29) is 11.5 Å². The van der Waals surface area contributed by atoms with Gasteiger partial charge in [0, 0.05) is 6.42 Å². The van der Waals surface area contributed by atoms with Gasteiger partial charge in [-0.2, -0.15) is 0 Å². The van der Waals surface area contributed by atoms with Gasteiger partial charge in [-0.3, -0.25) is 4.79 Å². The summed E-state index contributed by atoms with van der Waals surface area (Å²) in [6.45, 7) is 0.697. The molecule has 2 N–H and O–H groups in total. The number of ether oxygens (including phenoxy) is 1. The van der Waals surface area contributed by atoms with Crippen molar-refractivity contribution in [3.63, 3.8) is 0 Å². The number of hydrogen-bond acceptors (Lipinski definition) is 3. The zero-order valence-corrected chi connectivity index (χ0v) is 13.9. The Hall–Kier alpha value is -2.82. The number of hydrogen-bond donors (Lipinski definition) is 2. The summed E-state index contributed by atoms with van der Waals surface area (Å²) < 4.78 is 5.79. The van der Waals surface area contributed by atoms with Crippen molar-refractivity contribution in [3.05, 3.63) is 59.7 Å². The van der Waals surface area contributed by atoms with Crippen molar-refractivity contribution >= 4 is 17.6 Å². The van der Waals surface area contributed by atoms with Gasteiger partial charge in [0.2, 0.25) is 5.91 Å². The third kappa shape index (κ3) is 5.08. The number of nitrogens with one attached hydrogen (secondary N) is 1. The number of anilines is 1. The van der Waals surface area contributed by atoms with E-state index in [0.717, 1.165) is 5.56 Å². The minimum absolute atomic E-state index is 0.0928. The zero-order valence-electron chi connectivity index (χ0n) is 13.9. The van der Waals surface area contributed by atoms with E-state index in [1.54, 1.807) is 24.3 Å². The van der Waals surface area contributed by atoms with Gasteiger partial charge in [0.1, 0.15) is 5.75 Å². The van der Waals surface area contributed by atoms with E-state index < -0.39 is 5.97 Å². The van der Waals surface area contributed by atoms with E-state index in [9.17, 15) is 9.59 Å². The molecule has 0 spiro atoms. The lowest BCUT2D eigenvalue weighted by Crippen LogP contribution is -2.13. The smallest absolute Gasteiger partial charge is 0.335 e. The van der Waals surface area contributed by atoms with Gasteiger partial charge in [0.25, 0.3) is 0 Å². The number of benzene rings is 2. The van der Waals surface area contributed by atoms with Gasteiger partial charge < -0.3 is 15.2 Å². The van der Waals surface area contributed by atoms with E-state index in [4.69, 9.17) is 9.84 Å². The van der Waals surface area contributed by atoms with Crippen molar-refractivity contribution in [1.82, 2.24) is 0 Å². The van der Waals surface area contributed by atoms with Crippen molar-refractivity contribution in [2.75, 3.05) is 11.9 Å². The lowest BCUT2D eigenvalue weighted by atomic mass is 10.1. The third-order valence-corrected chi connectivity index (χ3v) is 4.17. The number of aromatic carboxylic acids is 1. The van der Waals surface area contributed by atoms with Crippen molar-refractivity contribution in [3.8, 4) is 5.75 Å². The summed E-state index contributed by atoms with van der Waals surface area (Å²) in [5.74, 6) is 0.308. The van der Waals surface area contributed by atoms with Crippen LogP contribution in [-0.2, 0) is 11.2 Å². The molecular weight excluding hydrogens is 318 g/mol. The molecule has 1 aliphatic carbocycles. The Morgan fingerprint density at radius 1 is 1.08 bits per heavy atom. The number of rotatable bonds is 8. The van der Waals surface area contributed by atoms with Crippen molar-refractivity contribution < 1.29 is 19.4 Å². The van der Waals surface area contributed by atoms with E-state index >= 15 is 0 Å². The van der Waals surface area contributed by atoms with Crippen LogP contribution >= 0.6 is 0 Å². The fourth-order valence-electron chi connectivity index (χ4n) is 2.47. The van der Waals surface area contributed by atoms with E-state index in [1.807, 2.05) is 24.3 Å². The highest BCUT2D eigenvalue weighted by Gasteiger charge is 2.22. The summed E-state index contributed by atoms with van der Waals surface area (Å²) >= 11 is 0. The fourth-order valence-corrected chi connectivity index (χ4v) is 2.47. The molecule has 5 heteroatoms. The molecule has 0 aromatic heterocycles. The summed E-state index contributed by atoms with van der Waals surface area (Å²) in [7, 11) is 0. The molecule has 130 valence electrons. The molecule has 3 rings (SSSR count). The maximum Gasteiger partial charge on any atom is 0.335 e. The van der Waals surface area contributed by atoms with E-state index in [2.05, 4.69) is 5.32 Å². The van der Waals surface area contributed by atoms with E-state index in [1.165, 1.54) is 12.8 Å². The van der Waals surface area contributed by atoms with Crippen molar-refractivity contribution in [1.29, 1.82) is 0 Å². The second-order valence-corrected chi connectivity index (χ2v) is 6.30. The Labute approximate surface area is 146 Å². The predicted molar refractivity (Wildman–Crippen MR) is 95.0 cm³/mol. The van der Waals surface area contributed by atoms with Crippen LogP contribution in [0.2, 0.25) is 0 Å². The second-order valence-electron chi connectivity index (χ2n) is 6.30. The predicted octanol–water partition coefficient (Wildman–Crippen LogP) is 3.74. The van der Waals surface area contributed by atoms with Crippen LogP contribution < -0.4 is 10.1 Å². The van der Waals surface area contributed by atoms with Crippen LogP contribution in [0.15, 0.2) is 48.5 Å². The first-order chi connectivity index (χ1) is 12.1. The van der Waals surface area contributed by atoms with Crippen LogP contribution in [-0.4, -0.2) is 23.6 Å². The number of aryl methyl sites for hydroxylation is 1. The molecule has 2 aromatic carbocycles. The zero-order chi connectivity index (χ0) is 17.6. The van der Waals surface area contributed by atoms with Gasteiger partial charge in [-0.1, -0.05) is 24.3 Å². The van der Waals surface area contributed by atoms with Gasteiger partial charge in [-0.15, -0.1) is 0 Å². The van der Waals surface area contributed by atoms with Gasteiger partial charge >= 0.3 is 5.97 Å². The van der Waals surface area contributed by atoms with Crippen molar-refractivity contribution in [2.24, 2.45) is 5.92 Å². The Morgan fingerprint density at radius 3 is 2.48 bits per heavy atom. The number of amides is 1. The second kappa shape index (κ2) is 7.83. The monoisotopic (exact) mass is 339 g/mol. The quantitative estimate of drug-likeness (QED) is 0.768. The topological polar surface area (TPSA) is 75.6 Å². The summed E-state index contributed by atoms with van der Waals surface area (Å²) in [5, 5.41) is 11.8. The van der Waals surface area contributed by atoms with Gasteiger partial charge in [0.15, 0.2) is 0 Å². The average molecular weight is 339 g/mol. The molecule has 0 heterocycles. The highest BCUT2D eigenvalue weighted by atomic mass is 16.5. The average Bonchev–Trinajstić information content (AvgIpc) is 3.44. The Bertz CT molecular complexity index is 751. The highest BCUT2D eigenvalue weighted by Crippen LogP contribution is 2.31. The molecule has 1 amide bonds. The summed E-state index contributed by atoms with van der Waals surface area (Å²) in [6, 6.07) is 14.0. The summed E-state index contributed by atoms with van der Waals surface area (Å²) in [4.78, 5) is 23.0. The number of carboxylic acids is 1. The highest BCUT2D eigenvalue weighted by molar-refractivity contribution is 5.92. The minimum atomic E-state index is -0.952. The first-order valence-corrected chi connectivity index (χ1v) is 8.46. The summed E-state index contributed by atoms with van der Waals surface area (Å²) in [5.41, 5.74) is 1.86. The van der Waals surface area contributed by atoms with Crippen LogP contribution in [0.3, 0.4) is 0 Å². The molecule has 0 unspecified atom stereocenters. The molecule has 1 saturated carbocycles. The van der Waals surface area contributed by atoms with E-state index in [0.29, 0.717) is 36.8 Å². The van der Waals surface area contributed by atoms with Gasteiger partial charge in [-0.25, -0.2) is 4.79 Å². The van der Waals surface area contributed by atoms with Crippen molar-refractivity contribution in [2.45, 2.75) is 25.7 Å². The Balaban J connectivity index is 1.52. The van der Waals surface area contributed by atoms with Gasteiger partial charge in [-0.05, 0) is 55.0 Å². The van der Waals surface area contributed by atoms with Gasteiger partial charge in [0.05, 0.1) is 17.9 Å². The molecule has 0 radical (unpaired) electrons. The third-order valence-electron chi connectivity index (χ3n) is 4.17. The molecule has 0 aliphatic heterocycles. The lowest BCUT2D eigenvalue weighted by molar-refractivity contribution is -0.116. The number of carboxylic acid groups (broad SMARTS) is 1. The Kier molecular flexibility index (Phi) is 5.33. The minimum Gasteiger partial charge on any atom is -0.491 e. The summed E-state index contributed by atoms with van der Waals surface area (Å²) in [6.07, 6.45) is 3.31. The first-order valence-electron chi connectivity index (χ1n) is 8.46. The molecule has 2 aromatic rings. The largest absolute Gasteiger partial charge is 0.491 e. The molecular formula is C20H21NO4. The molecule has 5 nitrogen and oxygen atoms in total. The lowest BCUT2D eigenvalue weighted by Gasteiger charge is -2.12. The molecule has 1 fully saturated rings. The fraction of sp³-hybridized carbons (Fsp3) is 0.300. The molecule has 0 bridgehead atoms. The van der Waals surface area contributed by atoms with Crippen LogP contribution in [0.25, 0.3) is 0 Å². The molecule has 25 heavy (non-hydrogen) atoms. The van der Waals surface area contributed by atoms with Crippen LogP contribution in [0.1, 0.15) is 35.2 Å². The first kappa shape index (κ1) is 17.0. The van der Waals surface area contributed by atoms with Crippen LogP contribution in [0.5, 0.6) is 5.75 Å². The maximum atomic E-state index is 12.2. The normalized spacial score (nSPS) is 13.3. The Morgan fingerprint density at radius 2 is 1.80 bits per heavy atom. The standard InChI is InChI=1S/C20H21NO4/c22-19(12-9-14-7-10-16(11-8-14)20(23)24)21-17-3-1-2-4-18(17)25-13-15-5-6-15/h1-4,7-8,10-11,15H,5-6,9,12-13H2,(H,21,22)(H,23,24). The molecule has 1 aliphatic rings. The number of carbonyl (C=O) groups is 2. The maximum absolute atomic E-state index is 12.2. The number of para-hydroxylation sites is 2. The van der Waals surface area contributed by atoms with Crippen LogP contribution in [0.4, 0.5) is 5.69 Å². The molecule has 0 saturated heterocycles. The van der Waals surface area contributed by atoms with Crippen LogP contribution in [0, 0.1) is 5.92 Å². The number of carbonyl (C=O) groups excluding carboxylic acids is 1.